The maximum Gasteiger partial charge on any atom is 0.160 e. The predicted octanol–water partition coefficient (Wildman–Crippen LogP) is 9.01. The largest absolute Gasteiger partial charge is 0.497 e. The summed E-state index contributed by atoms with van der Waals surface area (Å²) >= 11 is 0. The average Bonchev–Trinajstić information content (AvgIpc) is 3.08. The van der Waals surface area contributed by atoms with Crippen LogP contribution >= 0.6 is 0 Å². The number of Topliss-reactive ketones (excluding diaryl/α,β-unsaturated/α-hetero) is 1. The van der Waals surface area contributed by atoms with Crippen molar-refractivity contribution >= 4 is 17.0 Å². The van der Waals surface area contributed by atoms with E-state index in [9.17, 15) is 4.79 Å². The van der Waals surface area contributed by atoms with E-state index >= 15 is 0 Å². The van der Waals surface area contributed by atoms with Crippen LogP contribution in [0.4, 0.5) is 5.69 Å². The standard InChI is InChI=1S/C41H48N4O2/c1-8-28(3)38(9-2)40-25-33(15-19-43-40)27-45(35-10-12-37(47-7)13-11-35)36-16-20-44(21-17-36)26-32-14-18-42-39(24-32)34-22-29(4)41(31(6)46)30(5)23-34/h8-15,18-19,22-25,36H,16-17,20-21,26-27H2,1-7H3/b28-8-,38-9+. The number of anilines is 1. The van der Waals surface area contributed by atoms with Crippen molar-refractivity contribution in [2.75, 3.05) is 25.1 Å². The van der Waals surface area contributed by atoms with Crippen molar-refractivity contribution in [1.82, 2.24) is 14.9 Å². The number of carbonyl (C=O) groups is 1. The van der Waals surface area contributed by atoms with Crippen molar-refractivity contribution in [3.8, 4) is 17.0 Å². The van der Waals surface area contributed by atoms with E-state index in [1.807, 2.05) is 26.2 Å². The molecule has 3 heterocycles. The third kappa shape index (κ3) is 8.06. The lowest BCUT2D eigenvalue weighted by atomic mass is 9.95. The number of methoxy groups -OCH3 is 1. The lowest BCUT2D eigenvalue weighted by molar-refractivity contribution is 0.101. The maximum atomic E-state index is 12.1. The van der Waals surface area contributed by atoms with Gasteiger partial charge in [-0.25, -0.2) is 0 Å². The Kier molecular flexibility index (Phi) is 11.0. The molecule has 0 bridgehead atoms. The Bertz CT molecular complexity index is 1740. The molecule has 6 nitrogen and oxygen atoms in total. The number of benzene rings is 2. The van der Waals surface area contributed by atoms with Gasteiger partial charge in [0.15, 0.2) is 5.78 Å². The fourth-order valence-electron chi connectivity index (χ4n) is 6.90. The van der Waals surface area contributed by atoms with Crippen molar-refractivity contribution in [3.05, 3.63) is 124 Å². The first kappa shape index (κ1) is 33.8. The highest BCUT2D eigenvalue weighted by atomic mass is 16.5. The number of hydrogen-bond acceptors (Lipinski definition) is 6. The minimum atomic E-state index is 0.106. The van der Waals surface area contributed by atoms with E-state index in [1.165, 1.54) is 28.0 Å². The van der Waals surface area contributed by atoms with Crippen molar-refractivity contribution < 1.29 is 9.53 Å². The van der Waals surface area contributed by atoms with Gasteiger partial charge in [-0.1, -0.05) is 12.2 Å². The number of rotatable bonds is 11. The molecule has 6 heteroatoms. The third-order valence-corrected chi connectivity index (χ3v) is 9.41. The van der Waals surface area contributed by atoms with Crippen molar-refractivity contribution in [2.45, 2.75) is 73.5 Å². The number of ether oxygens (including phenoxy) is 1. The Morgan fingerprint density at radius 3 is 2.17 bits per heavy atom. The van der Waals surface area contributed by atoms with E-state index in [1.54, 1.807) is 14.0 Å². The number of likely N-dealkylation sites (tertiary alicyclic amines) is 1. The topological polar surface area (TPSA) is 58.6 Å². The van der Waals surface area contributed by atoms with Gasteiger partial charge in [0.05, 0.1) is 18.5 Å². The van der Waals surface area contributed by atoms with E-state index in [-0.39, 0.29) is 5.78 Å². The first-order chi connectivity index (χ1) is 22.7. The van der Waals surface area contributed by atoms with Crippen molar-refractivity contribution in [3.63, 3.8) is 0 Å². The van der Waals surface area contributed by atoms with Gasteiger partial charge in [0.25, 0.3) is 0 Å². The zero-order chi connectivity index (χ0) is 33.5. The summed E-state index contributed by atoms with van der Waals surface area (Å²) < 4.78 is 5.47. The molecule has 244 valence electrons. The number of piperidine rings is 1. The number of hydrogen-bond donors (Lipinski definition) is 0. The van der Waals surface area contributed by atoms with Gasteiger partial charge in [0.1, 0.15) is 5.75 Å². The Balaban J connectivity index is 1.31. The maximum absolute atomic E-state index is 12.1. The summed E-state index contributed by atoms with van der Waals surface area (Å²) in [5.41, 5.74) is 12.0. The molecule has 0 amide bonds. The molecule has 0 N–H and O–H groups in total. The third-order valence-electron chi connectivity index (χ3n) is 9.41. The number of carbonyl (C=O) groups excluding carboxylic acids is 1. The monoisotopic (exact) mass is 628 g/mol. The predicted molar refractivity (Wildman–Crippen MR) is 194 cm³/mol. The smallest absolute Gasteiger partial charge is 0.160 e. The van der Waals surface area contributed by atoms with E-state index in [0.29, 0.717) is 6.04 Å². The minimum Gasteiger partial charge on any atom is -0.497 e. The van der Waals surface area contributed by atoms with Crippen LogP contribution < -0.4 is 9.64 Å². The second kappa shape index (κ2) is 15.4. The molecule has 0 atom stereocenters. The minimum absolute atomic E-state index is 0.106. The molecule has 2 aromatic heterocycles. The van der Waals surface area contributed by atoms with Gasteiger partial charge in [-0.05, 0) is 148 Å². The molecular formula is C41H48N4O2. The van der Waals surface area contributed by atoms with E-state index < -0.39 is 0 Å². The molecule has 0 unspecified atom stereocenters. The molecule has 2 aromatic carbocycles. The summed E-state index contributed by atoms with van der Waals surface area (Å²) in [5, 5.41) is 0. The lowest BCUT2D eigenvalue weighted by Gasteiger charge is -2.40. The van der Waals surface area contributed by atoms with Crippen LogP contribution in [0.2, 0.25) is 0 Å². The van der Waals surface area contributed by atoms with Gasteiger partial charge in [0, 0.05) is 61.4 Å². The number of aromatic nitrogens is 2. The number of ketones is 1. The van der Waals surface area contributed by atoms with E-state index in [0.717, 1.165) is 78.4 Å². The van der Waals surface area contributed by atoms with Gasteiger partial charge in [-0.15, -0.1) is 0 Å². The Labute approximate surface area is 280 Å². The number of pyridine rings is 2. The Morgan fingerprint density at radius 1 is 0.894 bits per heavy atom. The fraction of sp³-hybridized carbons (Fsp3) is 0.341. The molecule has 47 heavy (non-hydrogen) atoms. The molecule has 1 fully saturated rings. The van der Waals surface area contributed by atoms with E-state index in [4.69, 9.17) is 9.72 Å². The first-order valence-corrected chi connectivity index (χ1v) is 16.7. The molecule has 0 saturated carbocycles. The van der Waals surface area contributed by atoms with E-state index in [2.05, 4.69) is 108 Å². The van der Waals surface area contributed by atoms with Crippen LogP contribution in [0.25, 0.3) is 16.8 Å². The van der Waals surface area contributed by atoms with Gasteiger partial charge in [0.2, 0.25) is 0 Å². The highest BCUT2D eigenvalue weighted by Gasteiger charge is 2.26. The van der Waals surface area contributed by atoms with Crippen LogP contribution in [0, 0.1) is 13.8 Å². The molecule has 5 rings (SSSR count). The van der Waals surface area contributed by atoms with Gasteiger partial charge >= 0.3 is 0 Å². The van der Waals surface area contributed by atoms with Crippen LogP contribution in [-0.4, -0.2) is 46.9 Å². The van der Waals surface area contributed by atoms with Gasteiger partial charge in [-0.2, -0.15) is 0 Å². The molecular weight excluding hydrogens is 580 g/mol. The SMILES string of the molecule is C/C=C(C)\C(=C/C)c1cc(CN(c2ccc(OC)cc2)C2CCN(Cc3ccnc(-c4cc(C)c(C(C)=O)c(C)c4)c3)CC2)ccn1. The van der Waals surface area contributed by atoms with Crippen LogP contribution in [0.3, 0.4) is 0 Å². The summed E-state index contributed by atoms with van der Waals surface area (Å²) in [6.45, 7) is 15.7. The van der Waals surface area contributed by atoms with Crippen molar-refractivity contribution in [2.24, 2.45) is 0 Å². The average molecular weight is 629 g/mol. The fourth-order valence-corrected chi connectivity index (χ4v) is 6.90. The molecule has 1 aliphatic rings. The van der Waals surface area contributed by atoms with Gasteiger partial charge in [-0.3, -0.25) is 19.7 Å². The van der Waals surface area contributed by atoms with Crippen LogP contribution in [0.1, 0.15) is 78.8 Å². The zero-order valence-electron chi connectivity index (χ0n) is 29.0. The number of allylic oxidation sites excluding steroid dienone is 4. The molecule has 4 aromatic rings. The zero-order valence-corrected chi connectivity index (χ0v) is 29.0. The second-order valence-corrected chi connectivity index (χ2v) is 12.6. The molecule has 0 radical (unpaired) electrons. The summed E-state index contributed by atoms with van der Waals surface area (Å²) in [5.74, 6) is 0.973. The van der Waals surface area contributed by atoms with Crippen LogP contribution in [0.5, 0.6) is 5.75 Å². The van der Waals surface area contributed by atoms with Gasteiger partial charge < -0.3 is 9.64 Å². The number of nitrogens with zero attached hydrogens (tertiary/aromatic N) is 4. The summed E-state index contributed by atoms with van der Waals surface area (Å²) in [6, 6.07) is 21.8. The quantitative estimate of drug-likeness (QED) is 0.122. The first-order valence-electron chi connectivity index (χ1n) is 16.7. The highest BCUT2D eigenvalue weighted by molar-refractivity contribution is 5.97. The molecule has 0 spiro atoms. The van der Waals surface area contributed by atoms with Crippen molar-refractivity contribution in [1.29, 1.82) is 0 Å². The Morgan fingerprint density at radius 2 is 1.55 bits per heavy atom. The molecule has 1 saturated heterocycles. The summed E-state index contributed by atoms with van der Waals surface area (Å²) in [7, 11) is 1.71. The van der Waals surface area contributed by atoms with Crippen LogP contribution in [-0.2, 0) is 13.1 Å². The number of aryl methyl sites for hydroxylation is 2. The second-order valence-electron chi connectivity index (χ2n) is 12.6. The van der Waals surface area contributed by atoms with Crippen LogP contribution in [0.15, 0.2) is 90.8 Å². The highest BCUT2D eigenvalue weighted by Crippen LogP contribution is 2.30. The summed E-state index contributed by atoms with van der Waals surface area (Å²) in [4.78, 5) is 26.6. The lowest BCUT2D eigenvalue weighted by Crippen LogP contribution is -2.44. The molecule has 1 aliphatic heterocycles. The Hall–Kier alpha value is -4.55. The summed E-state index contributed by atoms with van der Waals surface area (Å²) in [6.07, 6.45) is 10.3. The molecule has 0 aliphatic carbocycles. The normalized spacial score (nSPS) is 14.7.